The normalized spacial score (nSPS) is 11.0. The van der Waals surface area contributed by atoms with Crippen molar-refractivity contribution in [1.29, 1.82) is 0 Å². The van der Waals surface area contributed by atoms with Gasteiger partial charge in [-0.25, -0.2) is 4.98 Å². The molecule has 4 rings (SSSR count). The number of unbranched alkanes of at least 4 members (excludes halogenated alkanes) is 3. The molecule has 3 aromatic carbocycles. The van der Waals surface area contributed by atoms with E-state index in [9.17, 15) is 4.79 Å². The Bertz CT molecular complexity index is 1230. The van der Waals surface area contributed by atoms with Crippen LogP contribution in [0.1, 0.15) is 53.7 Å². The topological polar surface area (TPSA) is 51.2 Å². The fourth-order valence-corrected chi connectivity index (χ4v) is 5.13. The van der Waals surface area contributed by atoms with Gasteiger partial charge in [0.15, 0.2) is 0 Å². The Morgan fingerprint density at radius 2 is 1.76 bits per heavy atom. The number of hydrogen-bond donors (Lipinski definition) is 1. The molecule has 4 aromatic rings. The van der Waals surface area contributed by atoms with E-state index >= 15 is 0 Å². The molecule has 176 valence electrons. The molecule has 0 bridgehead atoms. The SMILES string of the molecule is CCCCCCOc1ccc(NC(=O)Cc2sc(Cc3cccc4ccccc34)nc2C)cc1. The number of carbonyl (C=O) groups excluding carboxylic acids is 1. The van der Waals surface area contributed by atoms with Crippen LogP contribution in [0.4, 0.5) is 5.69 Å². The van der Waals surface area contributed by atoms with Crippen molar-refractivity contribution in [3.63, 3.8) is 0 Å². The summed E-state index contributed by atoms with van der Waals surface area (Å²) >= 11 is 1.63. The quantitative estimate of drug-likeness (QED) is 0.232. The highest BCUT2D eigenvalue weighted by Gasteiger charge is 2.13. The Hall–Kier alpha value is -3.18. The molecule has 5 heteroatoms. The van der Waals surface area contributed by atoms with Gasteiger partial charge < -0.3 is 10.1 Å². The van der Waals surface area contributed by atoms with E-state index in [2.05, 4.69) is 54.7 Å². The van der Waals surface area contributed by atoms with Gasteiger partial charge in [-0.2, -0.15) is 0 Å². The van der Waals surface area contributed by atoms with Crippen LogP contribution in [0.2, 0.25) is 0 Å². The Labute approximate surface area is 206 Å². The molecule has 0 saturated heterocycles. The third-order valence-electron chi connectivity index (χ3n) is 5.88. The van der Waals surface area contributed by atoms with Crippen molar-refractivity contribution in [2.75, 3.05) is 11.9 Å². The summed E-state index contributed by atoms with van der Waals surface area (Å²) in [6, 6.07) is 22.4. The third kappa shape index (κ3) is 6.45. The van der Waals surface area contributed by atoms with Crippen molar-refractivity contribution >= 4 is 33.7 Å². The van der Waals surface area contributed by atoms with Crippen LogP contribution in [-0.4, -0.2) is 17.5 Å². The minimum Gasteiger partial charge on any atom is -0.494 e. The Morgan fingerprint density at radius 1 is 0.971 bits per heavy atom. The summed E-state index contributed by atoms with van der Waals surface area (Å²) in [6.45, 7) is 4.92. The lowest BCUT2D eigenvalue weighted by atomic mass is 10.0. The lowest BCUT2D eigenvalue weighted by Crippen LogP contribution is -2.14. The van der Waals surface area contributed by atoms with Gasteiger partial charge in [-0.3, -0.25) is 4.79 Å². The van der Waals surface area contributed by atoms with Crippen LogP contribution in [0, 0.1) is 6.92 Å². The maximum atomic E-state index is 12.7. The number of ether oxygens (including phenoxy) is 1. The number of hydrogen-bond acceptors (Lipinski definition) is 4. The first kappa shape index (κ1) is 24.0. The van der Waals surface area contributed by atoms with E-state index in [1.165, 1.54) is 35.6 Å². The van der Waals surface area contributed by atoms with Gasteiger partial charge in [0.1, 0.15) is 5.75 Å². The molecular formula is C29H32N2O2S. The molecule has 1 aromatic heterocycles. The fraction of sp³-hybridized carbons (Fsp3) is 0.310. The van der Waals surface area contributed by atoms with Crippen molar-refractivity contribution in [2.45, 2.75) is 52.4 Å². The molecule has 0 aliphatic carbocycles. The van der Waals surface area contributed by atoms with E-state index in [-0.39, 0.29) is 5.91 Å². The van der Waals surface area contributed by atoms with Gasteiger partial charge in [0.25, 0.3) is 0 Å². The lowest BCUT2D eigenvalue weighted by molar-refractivity contribution is -0.115. The van der Waals surface area contributed by atoms with Gasteiger partial charge in [0, 0.05) is 17.0 Å². The number of fused-ring (bicyclic) bond motifs is 1. The number of aryl methyl sites for hydroxylation is 1. The Balaban J connectivity index is 1.32. The maximum absolute atomic E-state index is 12.7. The number of aromatic nitrogens is 1. The van der Waals surface area contributed by atoms with Crippen LogP contribution >= 0.6 is 11.3 Å². The van der Waals surface area contributed by atoms with Gasteiger partial charge in [0.2, 0.25) is 5.91 Å². The van der Waals surface area contributed by atoms with Gasteiger partial charge in [-0.15, -0.1) is 11.3 Å². The van der Waals surface area contributed by atoms with Crippen molar-refractivity contribution in [1.82, 2.24) is 4.98 Å². The number of anilines is 1. The average molecular weight is 473 g/mol. The number of nitrogens with one attached hydrogen (secondary N) is 1. The van der Waals surface area contributed by atoms with Gasteiger partial charge in [0.05, 0.1) is 23.7 Å². The van der Waals surface area contributed by atoms with Crippen molar-refractivity contribution in [3.8, 4) is 5.75 Å². The first-order valence-electron chi connectivity index (χ1n) is 12.1. The lowest BCUT2D eigenvalue weighted by Gasteiger charge is -2.08. The van der Waals surface area contributed by atoms with Crippen molar-refractivity contribution in [2.24, 2.45) is 0 Å². The van der Waals surface area contributed by atoms with E-state index in [0.29, 0.717) is 6.42 Å². The monoisotopic (exact) mass is 472 g/mol. The van der Waals surface area contributed by atoms with Crippen LogP contribution in [0.5, 0.6) is 5.75 Å². The molecule has 1 N–H and O–H groups in total. The summed E-state index contributed by atoms with van der Waals surface area (Å²) in [7, 11) is 0. The first-order chi connectivity index (χ1) is 16.6. The zero-order chi connectivity index (χ0) is 23.8. The van der Waals surface area contributed by atoms with Gasteiger partial charge >= 0.3 is 0 Å². The molecule has 0 saturated carbocycles. The molecule has 0 fully saturated rings. The summed E-state index contributed by atoms with van der Waals surface area (Å²) < 4.78 is 5.78. The highest BCUT2D eigenvalue weighted by Crippen LogP contribution is 2.26. The summed E-state index contributed by atoms with van der Waals surface area (Å²) in [6.07, 6.45) is 5.84. The standard InChI is InChI=1S/C29H32N2O2S/c1-3-4-5-8-18-33-25-16-14-24(15-17-25)31-28(32)20-27-21(2)30-29(34-27)19-23-12-9-11-22-10-6-7-13-26(22)23/h6-7,9-17H,3-5,8,18-20H2,1-2H3,(H,31,32). The summed E-state index contributed by atoms with van der Waals surface area (Å²) in [5, 5.41) is 6.53. The number of amides is 1. The molecule has 0 radical (unpaired) electrons. The van der Waals surface area contributed by atoms with E-state index < -0.39 is 0 Å². The Morgan fingerprint density at radius 3 is 2.59 bits per heavy atom. The molecule has 4 nitrogen and oxygen atoms in total. The molecule has 1 heterocycles. The maximum Gasteiger partial charge on any atom is 0.229 e. The molecule has 1 amide bonds. The highest BCUT2D eigenvalue weighted by molar-refractivity contribution is 7.11. The minimum absolute atomic E-state index is 0.0308. The van der Waals surface area contributed by atoms with E-state index in [4.69, 9.17) is 9.72 Å². The van der Waals surface area contributed by atoms with Crippen molar-refractivity contribution in [3.05, 3.63) is 87.9 Å². The molecule has 0 unspecified atom stereocenters. The van der Waals surface area contributed by atoms with Crippen LogP contribution in [0.25, 0.3) is 10.8 Å². The van der Waals surface area contributed by atoms with Crippen molar-refractivity contribution < 1.29 is 9.53 Å². The summed E-state index contributed by atoms with van der Waals surface area (Å²) in [4.78, 5) is 18.4. The average Bonchev–Trinajstić information content (AvgIpc) is 3.18. The van der Waals surface area contributed by atoms with Crippen LogP contribution in [0.15, 0.2) is 66.7 Å². The number of benzene rings is 3. The second kappa shape index (κ2) is 11.8. The fourth-order valence-electron chi connectivity index (χ4n) is 4.04. The number of thiazole rings is 1. The van der Waals surface area contributed by atoms with Crippen LogP contribution in [-0.2, 0) is 17.6 Å². The number of carbonyl (C=O) groups is 1. The molecule has 0 aliphatic rings. The summed E-state index contributed by atoms with van der Waals surface area (Å²) in [5.74, 6) is 0.808. The largest absolute Gasteiger partial charge is 0.494 e. The molecule has 34 heavy (non-hydrogen) atoms. The third-order valence-corrected chi connectivity index (χ3v) is 7.04. The van der Waals surface area contributed by atoms with Gasteiger partial charge in [-0.1, -0.05) is 68.7 Å². The second-order valence-corrected chi connectivity index (χ2v) is 9.76. The predicted octanol–water partition coefficient (Wildman–Crippen LogP) is 7.34. The molecular weight excluding hydrogens is 440 g/mol. The summed E-state index contributed by atoms with van der Waals surface area (Å²) in [5.41, 5.74) is 2.97. The number of rotatable bonds is 11. The number of nitrogens with zero attached hydrogens (tertiary/aromatic N) is 1. The zero-order valence-corrected chi connectivity index (χ0v) is 20.8. The second-order valence-electron chi connectivity index (χ2n) is 8.59. The van der Waals surface area contributed by atoms with Crippen LogP contribution < -0.4 is 10.1 Å². The molecule has 0 spiro atoms. The molecule has 0 atom stereocenters. The van der Waals surface area contributed by atoms with Crippen LogP contribution in [0.3, 0.4) is 0 Å². The van der Waals surface area contributed by atoms with Gasteiger partial charge in [-0.05, 0) is 53.9 Å². The Kier molecular flexibility index (Phi) is 8.31. The smallest absolute Gasteiger partial charge is 0.229 e. The predicted molar refractivity (Wildman–Crippen MR) is 142 cm³/mol. The minimum atomic E-state index is -0.0308. The van der Waals surface area contributed by atoms with E-state index in [1.807, 2.05) is 31.2 Å². The molecule has 0 aliphatic heterocycles. The zero-order valence-electron chi connectivity index (χ0n) is 20.0. The first-order valence-corrected chi connectivity index (χ1v) is 12.9. The van der Waals surface area contributed by atoms with E-state index in [0.717, 1.165) is 46.5 Å². The highest BCUT2D eigenvalue weighted by atomic mass is 32.1. The van der Waals surface area contributed by atoms with E-state index in [1.54, 1.807) is 11.3 Å².